The monoisotopic (exact) mass is 415 g/mol. The molecule has 0 spiro atoms. The van der Waals surface area contributed by atoms with Gasteiger partial charge in [-0.05, 0) is 54.7 Å². The van der Waals surface area contributed by atoms with Crippen molar-refractivity contribution < 1.29 is 0 Å². The summed E-state index contributed by atoms with van der Waals surface area (Å²) in [6.45, 7) is 0. The fourth-order valence-electron chi connectivity index (χ4n) is 3.65. The zero-order valence-electron chi connectivity index (χ0n) is 16.6. The number of para-hydroxylation sites is 3. The molecule has 6 aromatic rings. The molecule has 0 unspecified atom stereocenters. The average molecular weight is 416 g/mol. The molecule has 0 bridgehead atoms. The minimum atomic E-state index is 0.816. The molecule has 0 aliphatic heterocycles. The maximum atomic E-state index is 4.66. The van der Waals surface area contributed by atoms with Crippen molar-refractivity contribution in [3.63, 3.8) is 0 Å². The number of aliphatic imine (C=N–C) groups is 1. The first-order chi connectivity index (χ1) is 15.3. The highest BCUT2D eigenvalue weighted by Crippen LogP contribution is 2.27. The standard InChI is InChI=1S/C14H8N2S.C13H9N/c17-9-15-13-6-3-7-14-11(13)8-10-4-1-2-5-12(10)16-14;1-3-7-12-10(5-1)9-11-6-2-4-8-13(11)14-12/h1-8H;1-9H. The molecule has 0 saturated heterocycles. The number of isothiocyanates is 1. The summed E-state index contributed by atoms with van der Waals surface area (Å²) in [6, 6.07) is 34.5. The molecule has 0 amide bonds. The number of aromatic nitrogens is 2. The third kappa shape index (κ3) is 3.90. The quantitative estimate of drug-likeness (QED) is 0.158. The molecule has 2 heterocycles. The molecule has 31 heavy (non-hydrogen) atoms. The van der Waals surface area contributed by atoms with E-state index in [4.69, 9.17) is 0 Å². The summed E-state index contributed by atoms with van der Waals surface area (Å²) in [5.41, 5.74) is 4.85. The van der Waals surface area contributed by atoms with Crippen molar-refractivity contribution in [2.45, 2.75) is 0 Å². The number of benzene rings is 4. The number of fused-ring (bicyclic) bond motifs is 4. The molecule has 3 nitrogen and oxygen atoms in total. The van der Waals surface area contributed by atoms with Gasteiger partial charge in [-0.3, -0.25) is 0 Å². The molecule has 0 fully saturated rings. The third-order valence-corrected chi connectivity index (χ3v) is 5.22. The molecule has 4 aromatic carbocycles. The maximum Gasteiger partial charge on any atom is 0.0833 e. The van der Waals surface area contributed by atoms with Gasteiger partial charge in [0.15, 0.2) is 0 Å². The Morgan fingerprint density at radius 3 is 1.61 bits per heavy atom. The van der Waals surface area contributed by atoms with Crippen molar-refractivity contribution in [2.75, 3.05) is 0 Å². The van der Waals surface area contributed by atoms with Crippen LogP contribution in [0.2, 0.25) is 0 Å². The summed E-state index contributed by atoms with van der Waals surface area (Å²) < 4.78 is 0. The molecule has 0 aliphatic rings. The first-order valence-corrected chi connectivity index (χ1v) is 10.3. The Morgan fingerprint density at radius 2 is 1.03 bits per heavy atom. The van der Waals surface area contributed by atoms with E-state index in [1.165, 1.54) is 10.8 Å². The van der Waals surface area contributed by atoms with Gasteiger partial charge in [0.2, 0.25) is 0 Å². The van der Waals surface area contributed by atoms with Crippen LogP contribution in [0.15, 0.2) is 108 Å². The summed E-state index contributed by atoms with van der Waals surface area (Å²) >= 11 is 4.66. The van der Waals surface area contributed by atoms with E-state index in [1.807, 2.05) is 78.9 Å². The van der Waals surface area contributed by atoms with Crippen molar-refractivity contribution in [2.24, 2.45) is 4.99 Å². The molecule has 4 heteroatoms. The fraction of sp³-hybridized carbons (Fsp3) is 0. The van der Waals surface area contributed by atoms with E-state index in [-0.39, 0.29) is 0 Å². The largest absolute Gasteiger partial charge is 0.248 e. The fourth-order valence-corrected chi connectivity index (χ4v) is 3.75. The molecule has 0 N–H and O–H groups in total. The molecule has 0 radical (unpaired) electrons. The molecule has 2 aromatic heterocycles. The molecule has 0 atom stereocenters. The van der Waals surface area contributed by atoms with E-state index in [0.29, 0.717) is 0 Å². The first-order valence-electron chi connectivity index (χ1n) is 9.93. The van der Waals surface area contributed by atoms with Crippen LogP contribution in [-0.4, -0.2) is 15.1 Å². The number of thiocarbonyl (C=S) groups is 1. The molecule has 146 valence electrons. The summed E-state index contributed by atoms with van der Waals surface area (Å²) in [5.74, 6) is 0. The Morgan fingerprint density at radius 1 is 0.548 bits per heavy atom. The summed E-state index contributed by atoms with van der Waals surface area (Å²) in [7, 11) is 0. The molecule has 0 saturated carbocycles. The van der Waals surface area contributed by atoms with Crippen LogP contribution < -0.4 is 0 Å². The van der Waals surface area contributed by atoms with Crippen molar-refractivity contribution in [3.05, 3.63) is 103 Å². The second-order valence-corrected chi connectivity index (χ2v) is 7.28. The van der Waals surface area contributed by atoms with Crippen LogP contribution >= 0.6 is 12.2 Å². The van der Waals surface area contributed by atoms with Crippen LogP contribution in [0, 0.1) is 0 Å². The predicted molar refractivity (Wildman–Crippen MR) is 133 cm³/mol. The van der Waals surface area contributed by atoms with Gasteiger partial charge in [0.05, 0.1) is 32.9 Å². The van der Waals surface area contributed by atoms with E-state index in [0.717, 1.165) is 38.5 Å². The smallest absolute Gasteiger partial charge is 0.0833 e. The van der Waals surface area contributed by atoms with Crippen LogP contribution in [0.25, 0.3) is 43.6 Å². The lowest BCUT2D eigenvalue weighted by Gasteiger charge is -2.03. The minimum absolute atomic E-state index is 0.816. The lowest BCUT2D eigenvalue weighted by molar-refractivity contribution is 1.48. The Bertz CT molecular complexity index is 1500. The van der Waals surface area contributed by atoms with E-state index in [1.54, 1.807) is 0 Å². The van der Waals surface area contributed by atoms with Gasteiger partial charge in [-0.15, -0.1) is 0 Å². The van der Waals surface area contributed by atoms with Gasteiger partial charge in [-0.25, -0.2) is 9.97 Å². The zero-order chi connectivity index (χ0) is 21.0. The van der Waals surface area contributed by atoms with Crippen LogP contribution in [0.3, 0.4) is 0 Å². The van der Waals surface area contributed by atoms with Crippen molar-refractivity contribution in [1.29, 1.82) is 0 Å². The highest BCUT2D eigenvalue weighted by atomic mass is 32.1. The van der Waals surface area contributed by atoms with Gasteiger partial charge in [0.1, 0.15) is 0 Å². The second kappa shape index (κ2) is 8.41. The Balaban J connectivity index is 0.000000134. The molecular weight excluding hydrogens is 398 g/mol. The highest BCUT2D eigenvalue weighted by Gasteiger charge is 2.03. The van der Waals surface area contributed by atoms with Gasteiger partial charge in [-0.1, -0.05) is 60.7 Å². The Hall–Kier alpha value is -3.98. The van der Waals surface area contributed by atoms with Crippen LogP contribution in [-0.2, 0) is 0 Å². The number of pyridine rings is 2. The number of hydrogen-bond acceptors (Lipinski definition) is 4. The second-order valence-electron chi connectivity index (χ2n) is 7.10. The van der Waals surface area contributed by atoms with Crippen LogP contribution in [0.5, 0.6) is 0 Å². The normalized spacial score (nSPS) is 10.6. The van der Waals surface area contributed by atoms with Gasteiger partial charge >= 0.3 is 0 Å². The van der Waals surface area contributed by atoms with E-state index in [2.05, 4.69) is 56.6 Å². The average Bonchev–Trinajstić information content (AvgIpc) is 2.82. The molecule has 0 aliphatic carbocycles. The van der Waals surface area contributed by atoms with Gasteiger partial charge in [0.25, 0.3) is 0 Å². The van der Waals surface area contributed by atoms with E-state index in [9.17, 15) is 0 Å². The van der Waals surface area contributed by atoms with Crippen LogP contribution in [0.1, 0.15) is 0 Å². The maximum absolute atomic E-state index is 4.66. The van der Waals surface area contributed by atoms with E-state index >= 15 is 0 Å². The zero-order valence-corrected chi connectivity index (χ0v) is 17.4. The summed E-state index contributed by atoms with van der Waals surface area (Å²) in [4.78, 5) is 13.2. The summed E-state index contributed by atoms with van der Waals surface area (Å²) in [6.07, 6.45) is 0. The van der Waals surface area contributed by atoms with E-state index < -0.39 is 0 Å². The molecule has 6 rings (SSSR count). The lowest BCUT2D eigenvalue weighted by atomic mass is 10.1. The SMILES string of the molecule is S=C=Nc1cccc2nc3ccccc3cc12.c1ccc2nc3ccccc3cc2c1. The minimum Gasteiger partial charge on any atom is -0.248 e. The van der Waals surface area contributed by atoms with Crippen LogP contribution in [0.4, 0.5) is 5.69 Å². The number of rotatable bonds is 1. The van der Waals surface area contributed by atoms with Crippen molar-refractivity contribution in [3.8, 4) is 0 Å². The van der Waals surface area contributed by atoms with Gasteiger partial charge in [-0.2, -0.15) is 4.99 Å². The van der Waals surface area contributed by atoms with Crippen molar-refractivity contribution in [1.82, 2.24) is 9.97 Å². The predicted octanol–water partition coefficient (Wildman–Crippen LogP) is 7.51. The summed E-state index contributed by atoms with van der Waals surface area (Å²) in [5, 5.41) is 6.91. The molecular formula is C27H17N3S. The number of nitrogens with zero attached hydrogens (tertiary/aromatic N) is 3. The first kappa shape index (κ1) is 19.0. The van der Waals surface area contributed by atoms with Gasteiger partial charge in [0, 0.05) is 21.5 Å². The lowest BCUT2D eigenvalue weighted by Crippen LogP contribution is -1.82. The van der Waals surface area contributed by atoms with Crippen molar-refractivity contribution >= 4 is 66.7 Å². The third-order valence-electron chi connectivity index (χ3n) is 5.13. The van der Waals surface area contributed by atoms with Gasteiger partial charge < -0.3 is 0 Å². The Kier molecular flexibility index (Phi) is 5.16. The number of hydrogen-bond donors (Lipinski definition) is 0. The highest BCUT2D eigenvalue weighted by molar-refractivity contribution is 7.78. The Labute approximate surface area is 184 Å². The topological polar surface area (TPSA) is 38.1 Å².